The monoisotopic (exact) mass is 501 g/mol. The third kappa shape index (κ3) is 6.80. The molecule has 0 fully saturated rings. The number of hydrogen-bond acceptors (Lipinski definition) is 7. The van der Waals surface area contributed by atoms with Crippen molar-refractivity contribution in [3.05, 3.63) is 84.2 Å². The van der Waals surface area contributed by atoms with Gasteiger partial charge in [-0.1, -0.05) is 23.8 Å². The number of aryl methyl sites for hydroxylation is 1. The van der Waals surface area contributed by atoms with Crippen LogP contribution in [0.5, 0.6) is 11.5 Å². The molecule has 3 aromatic rings. The molecule has 3 N–H and O–H groups in total. The molecule has 0 aliphatic carbocycles. The van der Waals surface area contributed by atoms with Crippen LogP contribution in [0.25, 0.3) is 0 Å². The maximum Gasteiger partial charge on any atom is 0.262 e. The predicted molar refractivity (Wildman–Crippen MR) is 131 cm³/mol. The summed E-state index contributed by atoms with van der Waals surface area (Å²) in [5.41, 5.74) is 3.46. The molecule has 34 heavy (non-hydrogen) atoms. The van der Waals surface area contributed by atoms with Gasteiger partial charge in [0.2, 0.25) is 10.0 Å². The van der Waals surface area contributed by atoms with Gasteiger partial charge in [-0.05, 0) is 69.3 Å². The Kier molecular flexibility index (Phi) is 8.32. The number of pyridine rings is 1. The maximum atomic E-state index is 13.1. The maximum absolute atomic E-state index is 13.1. The van der Waals surface area contributed by atoms with E-state index in [1.54, 1.807) is 31.6 Å². The van der Waals surface area contributed by atoms with E-state index in [2.05, 4.69) is 9.71 Å². The van der Waals surface area contributed by atoms with E-state index in [1.165, 1.54) is 36.0 Å². The molecule has 10 heteroatoms. The number of amides is 1. The number of ether oxygens (including phenoxy) is 1. The van der Waals surface area contributed by atoms with Crippen molar-refractivity contribution >= 4 is 27.7 Å². The summed E-state index contributed by atoms with van der Waals surface area (Å²) >= 11 is 1.34. The average molecular weight is 502 g/mol. The van der Waals surface area contributed by atoms with Crippen LogP contribution in [0.4, 0.5) is 0 Å². The Morgan fingerprint density at radius 2 is 1.68 bits per heavy atom. The van der Waals surface area contributed by atoms with Crippen molar-refractivity contribution in [1.29, 1.82) is 0 Å². The summed E-state index contributed by atoms with van der Waals surface area (Å²) in [5, 5.41) is 9.24. The highest BCUT2D eigenvalue weighted by molar-refractivity contribution is 8.00. The Bertz CT molecular complexity index is 1200. The van der Waals surface area contributed by atoms with Gasteiger partial charge in [0.1, 0.15) is 17.5 Å². The number of sulfonamides is 1. The largest absolute Gasteiger partial charge is 0.457 e. The molecule has 0 radical (unpaired) electrons. The Balaban J connectivity index is 1.74. The Labute approximate surface area is 203 Å². The topological polar surface area (TPSA) is 118 Å². The number of nitrogens with zero attached hydrogens (tertiary/aromatic N) is 1. The van der Waals surface area contributed by atoms with Crippen LogP contribution in [0.1, 0.15) is 25.1 Å². The Morgan fingerprint density at radius 3 is 2.24 bits per heavy atom. The third-order valence-electron chi connectivity index (χ3n) is 5.05. The summed E-state index contributed by atoms with van der Waals surface area (Å²) in [6.45, 7) is 5.42. The van der Waals surface area contributed by atoms with Crippen LogP contribution in [-0.4, -0.2) is 35.3 Å². The minimum absolute atomic E-state index is 0.0370. The van der Waals surface area contributed by atoms with Crippen LogP contribution in [0, 0.1) is 6.92 Å². The van der Waals surface area contributed by atoms with E-state index in [0.29, 0.717) is 17.3 Å². The number of benzene rings is 2. The smallest absolute Gasteiger partial charge is 0.262 e. The van der Waals surface area contributed by atoms with Gasteiger partial charge in [0, 0.05) is 16.7 Å². The second kappa shape index (κ2) is 11.0. The molecule has 1 amide bonds. The molecule has 3 rings (SSSR count). The van der Waals surface area contributed by atoms with Crippen molar-refractivity contribution in [2.45, 2.75) is 42.2 Å². The summed E-state index contributed by atoms with van der Waals surface area (Å²) < 4.78 is 33.4. The summed E-state index contributed by atoms with van der Waals surface area (Å²) in [4.78, 5) is 16.6. The first-order chi connectivity index (χ1) is 16.1. The lowest BCUT2D eigenvalue weighted by Crippen LogP contribution is -2.55. The molecule has 0 bridgehead atoms. The van der Waals surface area contributed by atoms with Crippen LogP contribution >= 0.6 is 11.8 Å². The first-order valence-corrected chi connectivity index (χ1v) is 12.9. The summed E-state index contributed by atoms with van der Waals surface area (Å²) in [6.07, 6.45) is 1.66. The van der Waals surface area contributed by atoms with Gasteiger partial charge in [0.05, 0.1) is 10.6 Å². The lowest BCUT2D eigenvalue weighted by molar-refractivity contribution is -0.131. The minimum Gasteiger partial charge on any atom is -0.457 e. The number of aromatic nitrogens is 1. The van der Waals surface area contributed by atoms with Crippen molar-refractivity contribution in [1.82, 2.24) is 15.2 Å². The van der Waals surface area contributed by atoms with Crippen molar-refractivity contribution < 1.29 is 23.2 Å². The van der Waals surface area contributed by atoms with E-state index >= 15 is 0 Å². The SMILES string of the molecule is Cc1ccc(Oc2ccc(S(=O)(=O)N[C@H](C(=O)NO)C(C)(C)SCc3ccccn3)cc2)cc1. The average Bonchev–Trinajstić information content (AvgIpc) is 2.83. The highest BCUT2D eigenvalue weighted by atomic mass is 32.2. The standard InChI is InChI=1S/C24H27N3O5S2/c1-17-7-9-19(10-8-17)32-20-11-13-21(14-12-20)34(30,31)27-22(23(28)26-29)24(2,3)33-16-18-6-4-5-15-25-18/h4-15,22,27,29H,16H2,1-3H3,(H,26,28)/t22-/m1/s1. The number of carbonyl (C=O) groups is 1. The van der Waals surface area contributed by atoms with Gasteiger partial charge in [-0.15, -0.1) is 11.8 Å². The molecule has 180 valence electrons. The highest BCUT2D eigenvalue weighted by Gasteiger charge is 2.39. The van der Waals surface area contributed by atoms with Gasteiger partial charge in [0.25, 0.3) is 5.91 Å². The van der Waals surface area contributed by atoms with Gasteiger partial charge in [-0.3, -0.25) is 15.0 Å². The van der Waals surface area contributed by atoms with Gasteiger partial charge in [0.15, 0.2) is 0 Å². The van der Waals surface area contributed by atoms with Gasteiger partial charge >= 0.3 is 0 Å². The van der Waals surface area contributed by atoms with E-state index in [4.69, 9.17) is 4.74 Å². The van der Waals surface area contributed by atoms with Crippen molar-refractivity contribution in [2.75, 3.05) is 0 Å². The van der Waals surface area contributed by atoms with Crippen LogP contribution in [-0.2, 0) is 20.6 Å². The third-order valence-corrected chi connectivity index (χ3v) is 7.91. The zero-order valence-electron chi connectivity index (χ0n) is 19.1. The lowest BCUT2D eigenvalue weighted by atomic mass is 10.0. The molecule has 0 aliphatic heterocycles. The first-order valence-electron chi connectivity index (χ1n) is 10.5. The van der Waals surface area contributed by atoms with Crippen LogP contribution in [0.15, 0.2) is 77.8 Å². The molecular formula is C24H27N3O5S2. The number of hydrogen-bond donors (Lipinski definition) is 3. The second-order valence-corrected chi connectivity index (χ2v) is 11.5. The Hall–Kier alpha value is -2.92. The molecule has 1 heterocycles. The van der Waals surface area contributed by atoms with Gasteiger partial charge < -0.3 is 4.74 Å². The molecule has 0 spiro atoms. The van der Waals surface area contributed by atoms with Gasteiger partial charge in [-0.2, -0.15) is 4.72 Å². The quantitative estimate of drug-likeness (QED) is 0.283. The molecule has 0 saturated carbocycles. The van der Waals surface area contributed by atoms with Crippen molar-refractivity contribution in [2.24, 2.45) is 0 Å². The first kappa shape index (κ1) is 25.7. The van der Waals surface area contributed by atoms with Crippen LogP contribution in [0.3, 0.4) is 0 Å². The van der Waals surface area contributed by atoms with Crippen molar-refractivity contribution in [3.63, 3.8) is 0 Å². The highest BCUT2D eigenvalue weighted by Crippen LogP contribution is 2.32. The number of hydroxylamine groups is 1. The fraction of sp³-hybridized carbons (Fsp3) is 0.250. The van der Waals surface area contributed by atoms with Crippen LogP contribution in [0.2, 0.25) is 0 Å². The minimum atomic E-state index is -4.08. The summed E-state index contributed by atoms with van der Waals surface area (Å²) in [6, 6.07) is 17.6. The number of nitrogens with one attached hydrogen (secondary N) is 2. The fourth-order valence-corrected chi connectivity index (χ4v) is 5.50. The van der Waals surface area contributed by atoms with E-state index in [1.807, 2.05) is 43.3 Å². The zero-order chi connectivity index (χ0) is 24.8. The summed E-state index contributed by atoms with van der Waals surface area (Å²) in [7, 11) is -4.08. The Morgan fingerprint density at radius 1 is 1.06 bits per heavy atom. The van der Waals surface area contributed by atoms with E-state index in [-0.39, 0.29) is 4.90 Å². The van der Waals surface area contributed by atoms with E-state index < -0.39 is 26.7 Å². The number of thioether (sulfide) groups is 1. The van der Waals surface area contributed by atoms with E-state index in [0.717, 1.165) is 11.3 Å². The van der Waals surface area contributed by atoms with Gasteiger partial charge in [-0.25, -0.2) is 13.9 Å². The fourth-order valence-electron chi connectivity index (χ4n) is 3.05. The molecule has 1 atom stereocenters. The number of rotatable bonds is 10. The molecular weight excluding hydrogens is 474 g/mol. The van der Waals surface area contributed by atoms with E-state index in [9.17, 15) is 18.4 Å². The second-order valence-electron chi connectivity index (χ2n) is 8.13. The zero-order valence-corrected chi connectivity index (χ0v) is 20.7. The molecule has 0 unspecified atom stereocenters. The lowest BCUT2D eigenvalue weighted by Gasteiger charge is -2.32. The molecule has 1 aromatic heterocycles. The molecule has 0 saturated heterocycles. The predicted octanol–water partition coefficient (Wildman–Crippen LogP) is 4.05. The van der Waals surface area contributed by atoms with Crippen LogP contribution < -0.4 is 14.9 Å². The molecule has 8 nitrogen and oxygen atoms in total. The van der Waals surface area contributed by atoms with Crippen molar-refractivity contribution in [3.8, 4) is 11.5 Å². The summed E-state index contributed by atoms with van der Waals surface area (Å²) in [5.74, 6) is 0.696. The normalized spacial score (nSPS) is 12.7. The molecule has 0 aliphatic rings. The molecule has 2 aromatic carbocycles. The number of carbonyl (C=O) groups excluding carboxylic acids is 1.